The van der Waals surface area contributed by atoms with Crippen molar-refractivity contribution in [2.75, 3.05) is 0 Å². The van der Waals surface area contributed by atoms with Gasteiger partial charge in [0.2, 0.25) is 0 Å². The van der Waals surface area contributed by atoms with Gasteiger partial charge < -0.3 is 10.2 Å². The first kappa shape index (κ1) is 15.8. The quantitative estimate of drug-likeness (QED) is 0.896. The van der Waals surface area contributed by atoms with Gasteiger partial charge in [-0.3, -0.25) is 0 Å². The summed E-state index contributed by atoms with van der Waals surface area (Å²) in [5.41, 5.74) is 2.34. The molecule has 0 bridgehead atoms. The van der Waals surface area contributed by atoms with Crippen LogP contribution in [0.2, 0.25) is 0 Å². The molecule has 0 saturated carbocycles. The van der Waals surface area contributed by atoms with E-state index in [0.717, 1.165) is 5.56 Å². The monoisotopic (exact) mass is 298 g/mol. The molecule has 0 fully saturated rings. The first-order valence-corrected chi connectivity index (χ1v) is 6.91. The largest absolute Gasteiger partial charge is 0.478 e. The second-order valence-corrected chi connectivity index (χ2v) is 6.20. The van der Waals surface area contributed by atoms with Crippen LogP contribution in [-0.4, -0.2) is 22.2 Å². The van der Waals surface area contributed by atoms with Crippen molar-refractivity contribution in [2.45, 2.75) is 26.2 Å². The maximum Gasteiger partial charge on any atom is 0.336 e. The molecule has 0 atom stereocenters. The van der Waals surface area contributed by atoms with E-state index < -0.39 is 11.9 Å². The Balaban J connectivity index is 2.47. The van der Waals surface area contributed by atoms with Crippen LogP contribution in [0.3, 0.4) is 0 Å². The molecule has 4 nitrogen and oxygen atoms in total. The Hall–Kier alpha value is -2.62. The number of benzene rings is 2. The Morgan fingerprint density at radius 1 is 0.773 bits per heavy atom. The SMILES string of the molecule is CC(C)(C)c1ccc(-c2ccc(C(=O)O)c(C(=O)O)c2)cc1. The van der Waals surface area contributed by atoms with Gasteiger partial charge in [-0.1, -0.05) is 51.1 Å². The number of carboxylic acids is 2. The van der Waals surface area contributed by atoms with E-state index in [-0.39, 0.29) is 16.5 Å². The third-order valence-corrected chi connectivity index (χ3v) is 3.56. The predicted octanol–water partition coefficient (Wildman–Crippen LogP) is 4.05. The van der Waals surface area contributed by atoms with E-state index >= 15 is 0 Å². The molecule has 114 valence electrons. The minimum Gasteiger partial charge on any atom is -0.478 e. The molecule has 0 radical (unpaired) electrons. The summed E-state index contributed by atoms with van der Waals surface area (Å²) in [7, 11) is 0. The van der Waals surface area contributed by atoms with Crippen molar-refractivity contribution in [3.8, 4) is 11.1 Å². The van der Waals surface area contributed by atoms with E-state index in [1.54, 1.807) is 6.07 Å². The number of hydrogen-bond donors (Lipinski definition) is 2. The topological polar surface area (TPSA) is 74.6 Å². The summed E-state index contributed by atoms with van der Waals surface area (Å²) in [6.07, 6.45) is 0. The van der Waals surface area contributed by atoms with Gasteiger partial charge in [-0.25, -0.2) is 9.59 Å². The Morgan fingerprint density at radius 2 is 1.27 bits per heavy atom. The van der Waals surface area contributed by atoms with E-state index in [1.165, 1.54) is 17.7 Å². The second kappa shape index (κ2) is 5.64. The lowest BCUT2D eigenvalue weighted by Crippen LogP contribution is -2.10. The van der Waals surface area contributed by atoms with Gasteiger partial charge in [-0.05, 0) is 34.2 Å². The highest BCUT2D eigenvalue weighted by Crippen LogP contribution is 2.27. The third kappa shape index (κ3) is 3.17. The molecule has 0 saturated heterocycles. The van der Waals surface area contributed by atoms with E-state index in [2.05, 4.69) is 20.8 Å². The van der Waals surface area contributed by atoms with Crippen LogP contribution in [0, 0.1) is 0 Å². The van der Waals surface area contributed by atoms with E-state index in [1.807, 2.05) is 24.3 Å². The Kier molecular flexibility index (Phi) is 4.04. The zero-order valence-electron chi connectivity index (χ0n) is 12.8. The van der Waals surface area contributed by atoms with Crippen molar-refractivity contribution in [2.24, 2.45) is 0 Å². The summed E-state index contributed by atoms with van der Waals surface area (Å²) in [6, 6.07) is 12.2. The Morgan fingerprint density at radius 3 is 1.73 bits per heavy atom. The molecule has 2 N–H and O–H groups in total. The number of rotatable bonds is 3. The zero-order chi connectivity index (χ0) is 16.5. The van der Waals surface area contributed by atoms with Crippen molar-refractivity contribution < 1.29 is 19.8 Å². The first-order chi connectivity index (χ1) is 10.2. The normalized spacial score (nSPS) is 11.2. The summed E-state index contributed by atoms with van der Waals surface area (Å²) in [6.45, 7) is 6.35. The fraction of sp³-hybridized carbons (Fsp3) is 0.222. The lowest BCUT2D eigenvalue weighted by atomic mass is 9.86. The highest BCUT2D eigenvalue weighted by atomic mass is 16.4. The number of carboxylic acid groups (broad SMARTS) is 2. The average molecular weight is 298 g/mol. The summed E-state index contributed by atoms with van der Waals surface area (Å²) in [5, 5.41) is 18.2. The van der Waals surface area contributed by atoms with Crippen molar-refractivity contribution in [1.29, 1.82) is 0 Å². The van der Waals surface area contributed by atoms with Gasteiger partial charge in [0.1, 0.15) is 0 Å². The van der Waals surface area contributed by atoms with Crippen LogP contribution in [0.1, 0.15) is 47.1 Å². The van der Waals surface area contributed by atoms with Gasteiger partial charge in [0.05, 0.1) is 11.1 Å². The van der Waals surface area contributed by atoms with Crippen molar-refractivity contribution >= 4 is 11.9 Å². The molecule has 0 amide bonds. The number of aromatic carboxylic acids is 2. The molecule has 0 aliphatic carbocycles. The molecule has 2 rings (SSSR count). The molecule has 22 heavy (non-hydrogen) atoms. The van der Waals surface area contributed by atoms with Gasteiger partial charge >= 0.3 is 11.9 Å². The Bertz CT molecular complexity index is 722. The first-order valence-electron chi connectivity index (χ1n) is 6.91. The molecular formula is C18H18O4. The van der Waals surface area contributed by atoms with Crippen LogP contribution in [0.25, 0.3) is 11.1 Å². The lowest BCUT2D eigenvalue weighted by Gasteiger charge is -2.19. The van der Waals surface area contributed by atoms with Crippen LogP contribution >= 0.6 is 0 Å². The van der Waals surface area contributed by atoms with Crippen LogP contribution in [0.5, 0.6) is 0 Å². The van der Waals surface area contributed by atoms with E-state index in [4.69, 9.17) is 5.11 Å². The van der Waals surface area contributed by atoms with Crippen LogP contribution in [-0.2, 0) is 5.41 Å². The van der Waals surface area contributed by atoms with E-state index in [9.17, 15) is 14.7 Å². The molecule has 0 aliphatic heterocycles. The third-order valence-electron chi connectivity index (χ3n) is 3.56. The van der Waals surface area contributed by atoms with Gasteiger partial charge in [-0.2, -0.15) is 0 Å². The summed E-state index contributed by atoms with van der Waals surface area (Å²) >= 11 is 0. The fourth-order valence-electron chi connectivity index (χ4n) is 2.25. The van der Waals surface area contributed by atoms with Gasteiger partial charge in [0, 0.05) is 0 Å². The molecule has 0 aliphatic rings. The van der Waals surface area contributed by atoms with Gasteiger partial charge in [0.25, 0.3) is 0 Å². The van der Waals surface area contributed by atoms with Crippen molar-refractivity contribution in [3.63, 3.8) is 0 Å². The highest BCUT2D eigenvalue weighted by molar-refractivity contribution is 6.02. The standard InChI is InChI=1S/C18H18O4/c1-18(2,3)13-7-4-11(5-8-13)12-6-9-14(16(19)20)15(10-12)17(21)22/h4-10H,1-3H3,(H,19,20)(H,21,22). The predicted molar refractivity (Wildman–Crippen MR) is 84.5 cm³/mol. The summed E-state index contributed by atoms with van der Waals surface area (Å²) in [4.78, 5) is 22.3. The average Bonchev–Trinajstić information content (AvgIpc) is 2.45. The van der Waals surface area contributed by atoms with Gasteiger partial charge in [0.15, 0.2) is 0 Å². The molecule has 4 heteroatoms. The summed E-state index contributed by atoms with van der Waals surface area (Å²) < 4.78 is 0. The van der Waals surface area contributed by atoms with Crippen LogP contribution in [0.15, 0.2) is 42.5 Å². The second-order valence-electron chi connectivity index (χ2n) is 6.20. The molecule has 0 spiro atoms. The maximum absolute atomic E-state index is 11.2. The molecular weight excluding hydrogens is 280 g/mol. The van der Waals surface area contributed by atoms with E-state index in [0.29, 0.717) is 5.56 Å². The molecule has 0 unspecified atom stereocenters. The lowest BCUT2D eigenvalue weighted by molar-refractivity contribution is 0.0651. The molecule has 0 heterocycles. The van der Waals surface area contributed by atoms with Crippen LogP contribution in [0.4, 0.5) is 0 Å². The van der Waals surface area contributed by atoms with Crippen molar-refractivity contribution in [1.82, 2.24) is 0 Å². The molecule has 2 aromatic carbocycles. The smallest absolute Gasteiger partial charge is 0.336 e. The van der Waals surface area contributed by atoms with Gasteiger partial charge in [-0.15, -0.1) is 0 Å². The molecule has 0 aromatic heterocycles. The molecule has 2 aromatic rings. The van der Waals surface area contributed by atoms with Crippen LogP contribution < -0.4 is 0 Å². The van der Waals surface area contributed by atoms with Crippen molar-refractivity contribution in [3.05, 3.63) is 59.2 Å². The Labute approximate surface area is 129 Å². The minimum absolute atomic E-state index is 0.0396. The highest BCUT2D eigenvalue weighted by Gasteiger charge is 2.17. The number of hydrogen-bond acceptors (Lipinski definition) is 2. The zero-order valence-corrected chi connectivity index (χ0v) is 12.8. The maximum atomic E-state index is 11.2. The minimum atomic E-state index is -1.24. The fourth-order valence-corrected chi connectivity index (χ4v) is 2.25. The summed E-state index contributed by atoms with van der Waals surface area (Å²) in [5.74, 6) is -2.49. The number of carbonyl (C=O) groups is 2.